The zero-order chi connectivity index (χ0) is 22.1. The van der Waals surface area contributed by atoms with Crippen molar-refractivity contribution in [3.05, 3.63) is 52.5 Å². The van der Waals surface area contributed by atoms with E-state index in [0.29, 0.717) is 12.4 Å². The zero-order valence-corrected chi connectivity index (χ0v) is 18.9. The molecule has 0 unspecified atom stereocenters. The maximum Gasteiger partial charge on any atom is 0.275 e. The summed E-state index contributed by atoms with van der Waals surface area (Å²) in [6.45, 7) is 4.77. The highest BCUT2D eigenvalue weighted by Crippen LogP contribution is 2.24. The molecule has 31 heavy (non-hydrogen) atoms. The summed E-state index contributed by atoms with van der Waals surface area (Å²) in [5, 5.41) is 15.2. The van der Waals surface area contributed by atoms with Crippen LogP contribution in [0, 0.1) is 6.92 Å². The number of benzene rings is 2. The van der Waals surface area contributed by atoms with Gasteiger partial charge in [-0.1, -0.05) is 45.1 Å². The molecule has 0 radical (unpaired) electrons. The number of nitrogens with one attached hydrogen (secondary N) is 1. The van der Waals surface area contributed by atoms with Crippen LogP contribution in [0.15, 0.2) is 41.5 Å². The number of unbranched alkanes of at least 4 members (excludes halogenated alkanes) is 5. The number of nitrogens with zero attached hydrogens (tertiary/aromatic N) is 2. The summed E-state index contributed by atoms with van der Waals surface area (Å²) < 4.78 is 6.75. The third kappa shape index (κ3) is 6.79. The van der Waals surface area contributed by atoms with Crippen LogP contribution >= 0.6 is 11.3 Å². The second-order valence-electron chi connectivity index (χ2n) is 7.45. The number of aromatic hydroxyl groups is 1. The number of hydrogen-bond acceptors (Lipinski definition) is 6. The van der Waals surface area contributed by atoms with Crippen LogP contribution in [0.5, 0.6) is 11.5 Å². The third-order valence-electron chi connectivity index (χ3n) is 4.88. The van der Waals surface area contributed by atoms with Crippen molar-refractivity contribution in [3.63, 3.8) is 0 Å². The Morgan fingerprint density at radius 1 is 1.16 bits per heavy atom. The van der Waals surface area contributed by atoms with E-state index >= 15 is 0 Å². The van der Waals surface area contributed by atoms with Gasteiger partial charge < -0.3 is 9.84 Å². The highest BCUT2D eigenvalue weighted by Gasteiger charge is 2.11. The Kier molecular flexibility index (Phi) is 8.41. The summed E-state index contributed by atoms with van der Waals surface area (Å²) in [4.78, 5) is 16.8. The number of carbonyl (C=O) groups excluding carboxylic acids is 1. The number of phenols is 1. The third-order valence-corrected chi connectivity index (χ3v) is 5.81. The number of carbonyl (C=O) groups is 1. The van der Waals surface area contributed by atoms with Crippen LogP contribution in [-0.4, -0.2) is 28.8 Å². The summed E-state index contributed by atoms with van der Waals surface area (Å²) in [6, 6.07) is 10.5. The molecular formula is C24H29N3O3S. The molecule has 0 aliphatic rings. The molecule has 164 valence electrons. The van der Waals surface area contributed by atoms with Crippen molar-refractivity contribution < 1.29 is 14.6 Å². The number of fused-ring (bicyclic) bond motifs is 1. The molecule has 0 atom stereocenters. The predicted molar refractivity (Wildman–Crippen MR) is 126 cm³/mol. The van der Waals surface area contributed by atoms with Crippen molar-refractivity contribution in [1.82, 2.24) is 10.4 Å². The predicted octanol–water partition coefficient (Wildman–Crippen LogP) is 5.81. The van der Waals surface area contributed by atoms with E-state index in [4.69, 9.17) is 4.74 Å². The summed E-state index contributed by atoms with van der Waals surface area (Å²) in [5.41, 5.74) is 4.42. The number of hydrazone groups is 1. The maximum absolute atomic E-state index is 12.3. The maximum atomic E-state index is 12.3. The van der Waals surface area contributed by atoms with Gasteiger partial charge in [0.25, 0.3) is 5.91 Å². The molecule has 0 fully saturated rings. The van der Waals surface area contributed by atoms with Crippen LogP contribution in [-0.2, 0) is 0 Å². The molecular weight excluding hydrogens is 410 g/mol. The molecule has 6 nitrogen and oxygen atoms in total. The van der Waals surface area contributed by atoms with Crippen molar-refractivity contribution in [2.24, 2.45) is 5.10 Å². The molecule has 0 spiro atoms. The number of amides is 1. The summed E-state index contributed by atoms with van der Waals surface area (Å²) in [6.07, 6.45) is 8.70. The number of rotatable bonds is 11. The van der Waals surface area contributed by atoms with Crippen molar-refractivity contribution in [2.75, 3.05) is 6.61 Å². The van der Waals surface area contributed by atoms with Gasteiger partial charge >= 0.3 is 0 Å². The van der Waals surface area contributed by atoms with Crippen molar-refractivity contribution in [3.8, 4) is 11.5 Å². The number of hydrogen-bond donors (Lipinski definition) is 2. The van der Waals surface area contributed by atoms with Gasteiger partial charge in [-0.25, -0.2) is 10.4 Å². The van der Waals surface area contributed by atoms with E-state index in [9.17, 15) is 9.90 Å². The van der Waals surface area contributed by atoms with Crippen LogP contribution in [0.1, 0.15) is 66.4 Å². The first-order chi connectivity index (χ1) is 15.1. The molecule has 0 aliphatic carbocycles. The fourth-order valence-electron chi connectivity index (χ4n) is 3.23. The lowest BCUT2D eigenvalue weighted by molar-refractivity contribution is 0.0952. The Morgan fingerprint density at radius 2 is 1.97 bits per heavy atom. The van der Waals surface area contributed by atoms with Crippen molar-refractivity contribution in [1.29, 1.82) is 0 Å². The molecule has 3 rings (SSSR count). The SMILES string of the molecule is CCCCCCCCOc1ccc(C(=O)NN=Cc2ccc3nc(C)sc3c2)c(O)c1. The molecule has 0 saturated heterocycles. The largest absolute Gasteiger partial charge is 0.507 e. The lowest BCUT2D eigenvalue weighted by Crippen LogP contribution is -2.17. The molecule has 1 heterocycles. The van der Waals surface area contributed by atoms with E-state index in [1.165, 1.54) is 31.7 Å². The van der Waals surface area contributed by atoms with E-state index in [1.807, 2.05) is 25.1 Å². The molecule has 0 saturated carbocycles. The van der Waals surface area contributed by atoms with E-state index in [-0.39, 0.29) is 11.3 Å². The van der Waals surface area contributed by atoms with Crippen LogP contribution < -0.4 is 10.2 Å². The van der Waals surface area contributed by atoms with Gasteiger partial charge in [0.1, 0.15) is 11.5 Å². The Hall–Kier alpha value is -2.93. The van der Waals surface area contributed by atoms with Gasteiger partial charge in [-0.15, -0.1) is 11.3 Å². The van der Waals surface area contributed by atoms with Crippen molar-refractivity contribution in [2.45, 2.75) is 52.4 Å². The van der Waals surface area contributed by atoms with E-state index in [1.54, 1.807) is 29.7 Å². The summed E-state index contributed by atoms with van der Waals surface area (Å²) >= 11 is 1.61. The lowest BCUT2D eigenvalue weighted by Gasteiger charge is -2.08. The Labute approximate surface area is 187 Å². The number of ether oxygens (including phenoxy) is 1. The zero-order valence-electron chi connectivity index (χ0n) is 18.1. The number of aryl methyl sites for hydroxylation is 1. The van der Waals surface area contributed by atoms with Crippen LogP contribution in [0.25, 0.3) is 10.2 Å². The average Bonchev–Trinajstić information content (AvgIpc) is 3.12. The lowest BCUT2D eigenvalue weighted by atomic mass is 10.1. The average molecular weight is 440 g/mol. The fourth-order valence-corrected chi connectivity index (χ4v) is 4.10. The topological polar surface area (TPSA) is 83.8 Å². The molecule has 1 amide bonds. The minimum Gasteiger partial charge on any atom is -0.507 e. The Bertz CT molecular complexity index is 1050. The highest BCUT2D eigenvalue weighted by molar-refractivity contribution is 7.18. The first-order valence-electron chi connectivity index (χ1n) is 10.7. The minimum absolute atomic E-state index is 0.130. The van der Waals surface area contributed by atoms with Crippen LogP contribution in [0.3, 0.4) is 0 Å². The molecule has 3 aromatic rings. The summed E-state index contributed by atoms with van der Waals surface area (Å²) in [5.74, 6) is -0.0556. The highest BCUT2D eigenvalue weighted by atomic mass is 32.1. The number of aromatic nitrogens is 1. The molecule has 0 aliphatic heterocycles. The second-order valence-corrected chi connectivity index (χ2v) is 8.69. The molecule has 7 heteroatoms. The van der Waals surface area contributed by atoms with Gasteiger partial charge in [0.15, 0.2) is 0 Å². The van der Waals surface area contributed by atoms with E-state index in [2.05, 4.69) is 22.4 Å². The van der Waals surface area contributed by atoms with E-state index in [0.717, 1.165) is 33.6 Å². The number of thiazole rings is 1. The molecule has 2 N–H and O–H groups in total. The second kappa shape index (κ2) is 11.5. The van der Waals surface area contributed by atoms with Crippen LogP contribution in [0.4, 0.5) is 0 Å². The number of phenolic OH excluding ortho intramolecular Hbond substituents is 1. The first-order valence-corrected chi connectivity index (χ1v) is 11.5. The van der Waals surface area contributed by atoms with Crippen molar-refractivity contribution >= 4 is 33.7 Å². The minimum atomic E-state index is -0.481. The quantitative estimate of drug-likeness (QED) is 0.224. The van der Waals surface area contributed by atoms with Gasteiger partial charge in [0.05, 0.1) is 33.6 Å². The van der Waals surface area contributed by atoms with Gasteiger partial charge in [0, 0.05) is 6.07 Å². The van der Waals surface area contributed by atoms with Gasteiger partial charge in [-0.3, -0.25) is 4.79 Å². The molecule has 2 aromatic carbocycles. The normalized spacial score (nSPS) is 11.3. The van der Waals surface area contributed by atoms with Crippen LogP contribution in [0.2, 0.25) is 0 Å². The molecule has 1 aromatic heterocycles. The fraction of sp³-hybridized carbons (Fsp3) is 0.375. The van der Waals surface area contributed by atoms with Gasteiger partial charge in [-0.05, 0) is 43.2 Å². The summed E-state index contributed by atoms with van der Waals surface area (Å²) in [7, 11) is 0. The van der Waals surface area contributed by atoms with Gasteiger partial charge in [0.2, 0.25) is 0 Å². The Balaban J connectivity index is 1.48. The standard InChI is InChI=1S/C24H29N3O3S/c1-3-4-5-6-7-8-13-30-19-10-11-20(22(28)15-19)24(29)27-25-16-18-9-12-21-23(14-18)31-17(2)26-21/h9-12,14-16,28H,3-8,13H2,1-2H3,(H,27,29). The first kappa shape index (κ1) is 22.7. The monoisotopic (exact) mass is 439 g/mol. The molecule has 0 bridgehead atoms. The van der Waals surface area contributed by atoms with E-state index < -0.39 is 5.91 Å². The smallest absolute Gasteiger partial charge is 0.275 e. The Morgan fingerprint density at radius 3 is 2.77 bits per heavy atom. The van der Waals surface area contributed by atoms with Gasteiger partial charge in [-0.2, -0.15) is 5.10 Å².